The van der Waals surface area contributed by atoms with Gasteiger partial charge in [-0.25, -0.2) is 8.42 Å². The largest absolute Gasteiger partial charge is 0.325 e. The van der Waals surface area contributed by atoms with Crippen LogP contribution in [0, 0.1) is 13.8 Å². The molecule has 1 heterocycles. The first-order chi connectivity index (χ1) is 15.3. The minimum atomic E-state index is -3.53. The Hall–Kier alpha value is -2.69. The van der Waals surface area contributed by atoms with Crippen molar-refractivity contribution in [2.24, 2.45) is 0 Å². The SMILES string of the molecule is CCN(CC)S(=O)(=O)c1ccc(NC(=O)CSc2nnc(C)n2-c2ccccc2C)cc1. The zero-order valence-corrected chi connectivity index (χ0v) is 20.2. The number of nitrogens with one attached hydrogen (secondary N) is 1. The summed E-state index contributed by atoms with van der Waals surface area (Å²) in [6, 6.07) is 14.1. The van der Waals surface area contributed by atoms with Crippen LogP contribution in [0.3, 0.4) is 0 Å². The number of carbonyl (C=O) groups excluding carboxylic acids is 1. The number of amides is 1. The summed E-state index contributed by atoms with van der Waals surface area (Å²) >= 11 is 1.29. The zero-order valence-electron chi connectivity index (χ0n) is 18.6. The Morgan fingerprint density at radius 1 is 1.03 bits per heavy atom. The minimum absolute atomic E-state index is 0.142. The van der Waals surface area contributed by atoms with Crippen molar-refractivity contribution in [3.63, 3.8) is 0 Å². The van der Waals surface area contributed by atoms with Crippen molar-refractivity contribution in [3.8, 4) is 5.69 Å². The van der Waals surface area contributed by atoms with Crippen LogP contribution in [0.5, 0.6) is 0 Å². The summed E-state index contributed by atoms with van der Waals surface area (Å²) < 4.78 is 28.5. The Bertz CT molecular complexity index is 1190. The quantitative estimate of drug-likeness (QED) is 0.477. The topological polar surface area (TPSA) is 97.2 Å². The molecule has 0 bridgehead atoms. The van der Waals surface area contributed by atoms with Crippen LogP contribution >= 0.6 is 11.8 Å². The lowest BCUT2D eigenvalue weighted by atomic mass is 10.2. The molecular formula is C22H27N5O3S2. The number of para-hydroxylation sites is 1. The number of anilines is 1. The van der Waals surface area contributed by atoms with Gasteiger partial charge in [0, 0.05) is 18.8 Å². The van der Waals surface area contributed by atoms with E-state index < -0.39 is 10.0 Å². The summed E-state index contributed by atoms with van der Waals surface area (Å²) in [6.07, 6.45) is 0. The molecule has 1 N–H and O–H groups in total. The number of carbonyl (C=O) groups is 1. The zero-order chi connectivity index (χ0) is 23.3. The van der Waals surface area contributed by atoms with Gasteiger partial charge >= 0.3 is 0 Å². The lowest BCUT2D eigenvalue weighted by molar-refractivity contribution is -0.113. The molecule has 0 aliphatic carbocycles. The Balaban J connectivity index is 1.66. The van der Waals surface area contributed by atoms with Crippen molar-refractivity contribution in [2.45, 2.75) is 37.7 Å². The fraction of sp³-hybridized carbons (Fsp3) is 0.318. The Morgan fingerprint density at radius 2 is 1.69 bits per heavy atom. The number of aryl methyl sites for hydroxylation is 2. The minimum Gasteiger partial charge on any atom is -0.325 e. The van der Waals surface area contributed by atoms with Gasteiger partial charge in [-0.3, -0.25) is 9.36 Å². The average Bonchev–Trinajstić information content (AvgIpc) is 3.14. The molecular weight excluding hydrogens is 446 g/mol. The molecule has 1 aromatic heterocycles. The highest BCUT2D eigenvalue weighted by Crippen LogP contribution is 2.24. The maximum Gasteiger partial charge on any atom is 0.243 e. The third-order valence-electron chi connectivity index (χ3n) is 4.97. The van der Waals surface area contributed by atoms with Crippen molar-refractivity contribution in [2.75, 3.05) is 24.2 Å². The van der Waals surface area contributed by atoms with Gasteiger partial charge in [-0.05, 0) is 49.7 Å². The molecule has 0 spiro atoms. The summed E-state index contributed by atoms with van der Waals surface area (Å²) in [5.41, 5.74) is 2.59. The van der Waals surface area contributed by atoms with E-state index in [9.17, 15) is 13.2 Å². The number of rotatable bonds is 9. The fourth-order valence-electron chi connectivity index (χ4n) is 3.28. The van der Waals surface area contributed by atoms with Crippen LogP contribution < -0.4 is 5.32 Å². The second kappa shape index (κ2) is 10.3. The third-order valence-corrected chi connectivity index (χ3v) is 7.96. The van der Waals surface area contributed by atoms with Crippen molar-refractivity contribution in [1.82, 2.24) is 19.1 Å². The van der Waals surface area contributed by atoms with Gasteiger partial charge < -0.3 is 5.32 Å². The van der Waals surface area contributed by atoms with Crippen molar-refractivity contribution >= 4 is 33.4 Å². The van der Waals surface area contributed by atoms with Crippen LogP contribution in [0.2, 0.25) is 0 Å². The number of nitrogens with zero attached hydrogens (tertiary/aromatic N) is 4. The number of aromatic nitrogens is 3. The molecule has 0 aliphatic rings. The molecule has 0 aliphatic heterocycles. The smallest absolute Gasteiger partial charge is 0.243 e. The lowest BCUT2D eigenvalue weighted by Crippen LogP contribution is -2.30. The van der Waals surface area contributed by atoms with Crippen LogP contribution in [-0.4, -0.2) is 52.2 Å². The molecule has 0 saturated heterocycles. The number of benzene rings is 2. The fourth-order valence-corrected chi connectivity index (χ4v) is 5.53. The van der Waals surface area contributed by atoms with Crippen molar-refractivity contribution in [1.29, 1.82) is 0 Å². The van der Waals surface area contributed by atoms with E-state index >= 15 is 0 Å². The molecule has 0 fully saturated rings. The Labute approximate surface area is 193 Å². The van der Waals surface area contributed by atoms with E-state index in [1.165, 1.54) is 28.2 Å². The molecule has 170 valence electrons. The molecule has 0 radical (unpaired) electrons. The van der Waals surface area contributed by atoms with E-state index in [1.807, 2.05) is 42.7 Å². The van der Waals surface area contributed by atoms with Gasteiger partial charge in [0.05, 0.1) is 16.3 Å². The van der Waals surface area contributed by atoms with E-state index in [1.54, 1.807) is 26.0 Å². The Kier molecular flexibility index (Phi) is 7.70. The van der Waals surface area contributed by atoms with Gasteiger partial charge in [-0.1, -0.05) is 43.8 Å². The van der Waals surface area contributed by atoms with E-state index in [2.05, 4.69) is 15.5 Å². The number of hydrogen-bond donors (Lipinski definition) is 1. The molecule has 8 nitrogen and oxygen atoms in total. The highest BCUT2D eigenvalue weighted by Gasteiger charge is 2.21. The molecule has 32 heavy (non-hydrogen) atoms. The molecule has 10 heteroatoms. The highest BCUT2D eigenvalue weighted by atomic mass is 32.2. The molecule has 3 aromatic rings. The van der Waals surface area contributed by atoms with Gasteiger partial charge in [-0.15, -0.1) is 10.2 Å². The van der Waals surface area contributed by atoms with Gasteiger partial charge in [0.25, 0.3) is 0 Å². The number of thioether (sulfide) groups is 1. The van der Waals surface area contributed by atoms with Crippen LogP contribution in [0.1, 0.15) is 25.2 Å². The standard InChI is InChI=1S/C22H27N5O3S2/c1-5-26(6-2)32(29,30)19-13-11-18(12-14-19)23-21(28)15-31-22-25-24-17(4)27(22)20-10-8-7-9-16(20)3/h7-14H,5-6,15H2,1-4H3,(H,23,28). The second-order valence-electron chi connectivity index (χ2n) is 7.10. The molecule has 0 unspecified atom stereocenters. The second-order valence-corrected chi connectivity index (χ2v) is 9.98. The van der Waals surface area contributed by atoms with Gasteiger partial charge in [0.15, 0.2) is 5.16 Å². The predicted molar refractivity (Wildman–Crippen MR) is 127 cm³/mol. The summed E-state index contributed by atoms with van der Waals surface area (Å²) in [7, 11) is -3.53. The lowest BCUT2D eigenvalue weighted by Gasteiger charge is -2.18. The maximum atomic E-state index is 12.6. The first-order valence-corrected chi connectivity index (χ1v) is 12.7. The third kappa shape index (κ3) is 5.20. The normalized spacial score (nSPS) is 11.7. The summed E-state index contributed by atoms with van der Waals surface area (Å²) in [5, 5.41) is 11.8. The molecule has 1 amide bonds. The van der Waals surface area contributed by atoms with Crippen LogP contribution in [0.15, 0.2) is 58.6 Å². The summed E-state index contributed by atoms with van der Waals surface area (Å²) in [4.78, 5) is 12.7. The van der Waals surface area contributed by atoms with Gasteiger partial charge in [0.2, 0.25) is 15.9 Å². The summed E-state index contributed by atoms with van der Waals surface area (Å²) in [6.45, 7) is 8.29. The number of sulfonamides is 1. The average molecular weight is 474 g/mol. The Morgan fingerprint density at radius 3 is 2.31 bits per heavy atom. The van der Waals surface area contributed by atoms with Gasteiger partial charge in [-0.2, -0.15) is 4.31 Å². The van der Waals surface area contributed by atoms with E-state index in [0.717, 1.165) is 17.1 Å². The van der Waals surface area contributed by atoms with Crippen molar-refractivity contribution in [3.05, 3.63) is 59.9 Å². The van der Waals surface area contributed by atoms with E-state index in [4.69, 9.17) is 0 Å². The molecule has 0 saturated carbocycles. The molecule has 2 aromatic carbocycles. The van der Waals surface area contributed by atoms with E-state index in [0.29, 0.717) is 23.9 Å². The first-order valence-electron chi connectivity index (χ1n) is 10.3. The van der Waals surface area contributed by atoms with Crippen molar-refractivity contribution < 1.29 is 13.2 Å². The molecule has 3 rings (SSSR count). The predicted octanol–water partition coefficient (Wildman–Crippen LogP) is 3.65. The van der Waals surface area contributed by atoms with Crippen LogP contribution in [-0.2, 0) is 14.8 Å². The molecule has 0 atom stereocenters. The first kappa shape index (κ1) is 24.0. The van der Waals surface area contributed by atoms with Gasteiger partial charge in [0.1, 0.15) is 5.82 Å². The van der Waals surface area contributed by atoms with Crippen LogP contribution in [0.25, 0.3) is 5.69 Å². The highest BCUT2D eigenvalue weighted by molar-refractivity contribution is 7.99. The number of hydrogen-bond acceptors (Lipinski definition) is 6. The summed E-state index contributed by atoms with van der Waals surface area (Å²) in [5.74, 6) is 0.669. The maximum absolute atomic E-state index is 12.6. The van der Waals surface area contributed by atoms with E-state index in [-0.39, 0.29) is 16.6 Å². The monoisotopic (exact) mass is 473 g/mol. The van der Waals surface area contributed by atoms with Crippen LogP contribution in [0.4, 0.5) is 5.69 Å².